The van der Waals surface area contributed by atoms with Gasteiger partial charge in [0.1, 0.15) is 11.6 Å². The zero-order chi connectivity index (χ0) is 24.5. The molecule has 0 saturated carbocycles. The number of hydrogen-bond acceptors (Lipinski definition) is 6. The molecule has 6 rings (SSSR count). The second kappa shape index (κ2) is 9.60. The number of aromatic nitrogens is 4. The van der Waals surface area contributed by atoms with Gasteiger partial charge in [-0.15, -0.1) is 0 Å². The molecule has 0 unspecified atom stereocenters. The highest BCUT2D eigenvalue weighted by Crippen LogP contribution is 2.32. The van der Waals surface area contributed by atoms with Crippen LogP contribution in [0.15, 0.2) is 79.3 Å². The molecule has 8 heteroatoms. The molecule has 7 nitrogen and oxygen atoms in total. The topological polar surface area (TPSA) is 79.0 Å². The summed E-state index contributed by atoms with van der Waals surface area (Å²) in [6.07, 6.45) is 5.74. The molecule has 3 aromatic heterocycles. The highest BCUT2D eigenvalue weighted by atomic mass is 35.5. The van der Waals surface area contributed by atoms with Crippen molar-refractivity contribution in [3.8, 4) is 22.6 Å². The Morgan fingerprint density at radius 2 is 1.89 bits per heavy atom. The molecule has 2 N–H and O–H groups in total. The number of pyridine rings is 2. The summed E-state index contributed by atoms with van der Waals surface area (Å²) in [7, 11) is 0. The van der Waals surface area contributed by atoms with Gasteiger partial charge in [-0.25, -0.2) is 9.97 Å². The van der Waals surface area contributed by atoms with Crippen molar-refractivity contribution >= 4 is 39.7 Å². The smallest absolute Gasteiger partial charge is 0.139 e. The highest BCUT2D eigenvalue weighted by molar-refractivity contribution is 6.33. The van der Waals surface area contributed by atoms with E-state index in [4.69, 9.17) is 16.3 Å². The normalized spacial score (nSPS) is 15.8. The van der Waals surface area contributed by atoms with E-state index in [0.717, 1.165) is 64.6 Å². The van der Waals surface area contributed by atoms with Crippen LogP contribution in [0.25, 0.3) is 33.5 Å². The number of hydrogen-bond donors (Lipinski definition) is 2. The standard InChI is InChI=1S/C28H25ClN6O/c1-18-17-35(9-10-36-18)22-11-20-12-27(31-15-25(20)30-14-22)33-21-7-8-24(29)23(13-21)28-32-16-26(34-28)19-5-3-2-4-6-19/h2-8,11-16,18H,9-10,17H2,1H3,(H,31,33)(H,32,34)/t18-/m1/s1. The quantitative estimate of drug-likeness (QED) is 0.297. The molecule has 0 radical (unpaired) electrons. The number of benzene rings is 2. The number of rotatable bonds is 5. The van der Waals surface area contributed by atoms with Crippen molar-refractivity contribution in [2.45, 2.75) is 13.0 Å². The van der Waals surface area contributed by atoms with E-state index in [-0.39, 0.29) is 6.10 Å². The van der Waals surface area contributed by atoms with E-state index in [0.29, 0.717) is 10.8 Å². The second-order valence-corrected chi connectivity index (χ2v) is 9.32. The highest BCUT2D eigenvalue weighted by Gasteiger charge is 2.18. The molecule has 1 aliphatic rings. The molecule has 0 bridgehead atoms. The van der Waals surface area contributed by atoms with Crippen LogP contribution in [0.3, 0.4) is 0 Å². The van der Waals surface area contributed by atoms with Crippen LogP contribution in [0.1, 0.15) is 6.92 Å². The summed E-state index contributed by atoms with van der Waals surface area (Å²) in [5.74, 6) is 1.44. The average molecular weight is 497 g/mol. The molecule has 36 heavy (non-hydrogen) atoms. The first kappa shape index (κ1) is 22.5. The first-order valence-corrected chi connectivity index (χ1v) is 12.3. The molecule has 1 fully saturated rings. The van der Waals surface area contributed by atoms with E-state index in [1.807, 2.05) is 67.0 Å². The summed E-state index contributed by atoms with van der Waals surface area (Å²) in [4.78, 5) is 19.4. The van der Waals surface area contributed by atoms with Gasteiger partial charge >= 0.3 is 0 Å². The summed E-state index contributed by atoms with van der Waals surface area (Å²) >= 11 is 6.54. The third-order valence-electron chi connectivity index (χ3n) is 6.31. The second-order valence-electron chi connectivity index (χ2n) is 8.91. The Hall–Kier alpha value is -3.94. The predicted octanol–water partition coefficient (Wildman–Crippen LogP) is 6.31. The molecular weight excluding hydrogens is 472 g/mol. The molecule has 2 aromatic carbocycles. The van der Waals surface area contributed by atoms with Gasteiger partial charge in [0.15, 0.2) is 0 Å². The van der Waals surface area contributed by atoms with Gasteiger partial charge in [-0.05, 0) is 42.8 Å². The number of ether oxygens (including phenoxy) is 1. The number of morpholine rings is 1. The number of imidazole rings is 1. The Labute approximate surface area is 214 Å². The maximum atomic E-state index is 6.54. The van der Waals surface area contributed by atoms with Crippen molar-refractivity contribution in [1.29, 1.82) is 0 Å². The lowest BCUT2D eigenvalue weighted by Crippen LogP contribution is -2.41. The molecule has 5 aromatic rings. The Morgan fingerprint density at radius 1 is 1.00 bits per heavy atom. The third kappa shape index (κ3) is 4.63. The van der Waals surface area contributed by atoms with Crippen molar-refractivity contribution in [2.75, 3.05) is 29.9 Å². The van der Waals surface area contributed by atoms with Crippen LogP contribution in [-0.4, -0.2) is 45.7 Å². The molecule has 0 aliphatic carbocycles. The summed E-state index contributed by atoms with van der Waals surface area (Å²) < 4.78 is 5.68. The minimum absolute atomic E-state index is 0.209. The van der Waals surface area contributed by atoms with Gasteiger partial charge < -0.3 is 19.9 Å². The lowest BCUT2D eigenvalue weighted by Gasteiger charge is -2.32. The maximum Gasteiger partial charge on any atom is 0.139 e. The van der Waals surface area contributed by atoms with Crippen LogP contribution in [0.5, 0.6) is 0 Å². The molecular formula is C28H25ClN6O. The van der Waals surface area contributed by atoms with Gasteiger partial charge in [0.25, 0.3) is 0 Å². The monoisotopic (exact) mass is 496 g/mol. The minimum Gasteiger partial charge on any atom is -0.375 e. The first-order chi connectivity index (χ1) is 17.6. The van der Waals surface area contributed by atoms with Gasteiger partial charge in [0.05, 0.1) is 53.2 Å². The van der Waals surface area contributed by atoms with Gasteiger partial charge in [0, 0.05) is 29.7 Å². The number of halogens is 1. The summed E-state index contributed by atoms with van der Waals surface area (Å²) in [5.41, 5.74) is 5.64. The van der Waals surface area contributed by atoms with Crippen LogP contribution in [0.4, 0.5) is 17.2 Å². The fraction of sp³-hybridized carbons (Fsp3) is 0.179. The van der Waals surface area contributed by atoms with E-state index < -0.39 is 0 Å². The Morgan fingerprint density at radius 3 is 2.75 bits per heavy atom. The first-order valence-electron chi connectivity index (χ1n) is 11.9. The number of aromatic amines is 1. The molecule has 0 spiro atoms. The number of nitrogens with one attached hydrogen (secondary N) is 2. The number of anilines is 3. The summed E-state index contributed by atoms with van der Waals surface area (Å²) in [6, 6.07) is 20.0. The van der Waals surface area contributed by atoms with Crippen molar-refractivity contribution in [2.24, 2.45) is 0 Å². The van der Waals surface area contributed by atoms with Crippen LogP contribution in [0.2, 0.25) is 5.02 Å². The number of nitrogens with zero attached hydrogens (tertiary/aromatic N) is 4. The van der Waals surface area contributed by atoms with Crippen LogP contribution in [0, 0.1) is 0 Å². The maximum absolute atomic E-state index is 6.54. The van der Waals surface area contributed by atoms with Crippen molar-refractivity contribution in [1.82, 2.24) is 19.9 Å². The van der Waals surface area contributed by atoms with Gasteiger partial charge in [-0.3, -0.25) is 4.98 Å². The molecule has 0 amide bonds. The van der Waals surface area contributed by atoms with Gasteiger partial charge in [0.2, 0.25) is 0 Å². The molecule has 1 aliphatic heterocycles. The van der Waals surface area contributed by atoms with Gasteiger partial charge in [-0.1, -0.05) is 41.9 Å². The van der Waals surface area contributed by atoms with Crippen LogP contribution < -0.4 is 10.2 Å². The fourth-order valence-corrected chi connectivity index (χ4v) is 4.68. The Kier molecular flexibility index (Phi) is 6.01. The predicted molar refractivity (Wildman–Crippen MR) is 145 cm³/mol. The molecule has 180 valence electrons. The SMILES string of the molecule is C[C@@H]1CN(c2cnc3cnc(Nc4ccc(Cl)c(-c5ncc(-c6ccccc6)[nH]5)c4)cc3c2)CCO1. The largest absolute Gasteiger partial charge is 0.375 e. The molecule has 1 atom stereocenters. The zero-order valence-electron chi connectivity index (χ0n) is 19.8. The average Bonchev–Trinajstić information content (AvgIpc) is 3.40. The van der Waals surface area contributed by atoms with Crippen molar-refractivity contribution < 1.29 is 4.74 Å². The van der Waals surface area contributed by atoms with E-state index in [2.05, 4.69) is 43.1 Å². The lowest BCUT2D eigenvalue weighted by atomic mass is 10.1. The van der Waals surface area contributed by atoms with Crippen molar-refractivity contribution in [3.05, 3.63) is 84.3 Å². The summed E-state index contributed by atoms with van der Waals surface area (Å²) in [5, 5.41) is 5.05. The number of H-pyrrole nitrogens is 1. The summed E-state index contributed by atoms with van der Waals surface area (Å²) in [6.45, 7) is 4.54. The van der Waals surface area contributed by atoms with Crippen molar-refractivity contribution in [3.63, 3.8) is 0 Å². The van der Waals surface area contributed by atoms with E-state index in [1.54, 1.807) is 6.20 Å². The zero-order valence-corrected chi connectivity index (χ0v) is 20.5. The van der Waals surface area contributed by atoms with E-state index >= 15 is 0 Å². The third-order valence-corrected chi connectivity index (χ3v) is 6.64. The number of fused-ring (bicyclic) bond motifs is 1. The van der Waals surface area contributed by atoms with Gasteiger partial charge in [-0.2, -0.15) is 0 Å². The Bertz CT molecular complexity index is 1520. The lowest BCUT2D eigenvalue weighted by molar-refractivity contribution is 0.0532. The molecule has 1 saturated heterocycles. The van der Waals surface area contributed by atoms with E-state index in [1.165, 1.54) is 0 Å². The van der Waals surface area contributed by atoms with E-state index in [9.17, 15) is 0 Å². The van der Waals surface area contributed by atoms with Crippen LogP contribution >= 0.6 is 11.6 Å². The minimum atomic E-state index is 0.209. The molecule has 4 heterocycles. The Balaban J connectivity index is 1.26. The van der Waals surface area contributed by atoms with Crippen LogP contribution in [-0.2, 0) is 4.74 Å². The fourth-order valence-electron chi connectivity index (χ4n) is 4.47.